The fourth-order valence-corrected chi connectivity index (χ4v) is 2.22. The number of hydrogen-bond donors (Lipinski definition) is 1. The van der Waals surface area contributed by atoms with Crippen LogP contribution in [0.1, 0.15) is 44.2 Å². The average molecular weight is 296 g/mol. The molecule has 1 aromatic rings. The number of benzene rings is 1. The topological polar surface area (TPSA) is 12.0 Å². The number of allylic oxidation sites excluding steroid dienone is 1. The summed E-state index contributed by atoms with van der Waals surface area (Å²) in [7, 11) is 0. The van der Waals surface area contributed by atoms with Gasteiger partial charge >= 0.3 is 0 Å². The van der Waals surface area contributed by atoms with Crippen molar-refractivity contribution in [1.29, 1.82) is 0 Å². The lowest BCUT2D eigenvalue weighted by molar-refractivity contribution is 0.539. The summed E-state index contributed by atoms with van der Waals surface area (Å²) in [6.07, 6.45) is 6.92. The van der Waals surface area contributed by atoms with Gasteiger partial charge in [0.1, 0.15) is 0 Å². The van der Waals surface area contributed by atoms with Gasteiger partial charge in [0.25, 0.3) is 0 Å². The molecule has 1 nitrogen and oxygen atoms in total. The quantitative estimate of drug-likeness (QED) is 0.534. The fraction of sp³-hybridized carbons (Fsp3) is 0.467. The molecular weight excluding hydrogens is 274 g/mol. The maximum atomic E-state index is 3.73. The molecule has 94 valence electrons. The van der Waals surface area contributed by atoms with Crippen LogP contribution in [0, 0.1) is 0 Å². The SMILES string of the molecule is C=CCCCCCN[C@@H](C)c1cccc(Br)c1. The van der Waals surface area contributed by atoms with E-state index in [1.165, 1.54) is 24.8 Å². The molecule has 0 saturated carbocycles. The molecule has 0 amide bonds. The van der Waals surface area contributed by atoms with E-state index >= 15 is 0 Å². The minimum absolute atomic E-state index is 0.423. The van der Waals surface area contributed by atoms with Gasteiger partial charge in [0.2, 0.25) is 0 Å². The number of halogens is 1. The highest BCUT2D eigenvalue weighted by Gasteiger charge is 2.03. The third-order valence-corrected chi connectivity index (χ3v) is 3.38. The van der Waals surface area contributed by atoms with Crippen molar-refractivity contribution in [2.45, 2.75) is 38.6 Å². The van der Waals surface area contributed by atoms with Crippen molar-refractivity contribution in [2.75, 3.05) is 6.54 Å². The van der Waals surface area contributed by atoms with Gasteiger partial charge in [0.15, 0.2) is 0 Å². The van der Waals surface area contributed by atoms with Crippen LogP contribution in [0.15, 0.2) is 41.4 Å². The Balaban J connectivity index is 2.21. The van der Waals surface area contributed by atoms with E-state index < -0.39 is 0 Å². The Hall–Kier alpha value is -0.600. The molecule has 1 rings (SSSR count). The lowest BCUT2D eigenvalue weighted by Gasteiger charge is -2.14. The molecule has 0 heterocycles. The summed E-state index contributed by atoms with van der Waals surface area (Å²) in [5.41, 5.74) is 1.34. The third-order valence-electron chi connectivity index (χ3n) is 2.88. The molecule has 1 atom stereocenters. The highest BCUT2D eigenvalue weighted by Crippen LogP contribution is 2.17. The molecule has 0 radical (unpaired) electrons. The normalized spacial score (nSPS) is 12.4. The zero-order chi connectivity index (χ0) is 12.5. The van der Waals surface area contributed by atoms with Crippen LogP contribution in [-0.4, -0.2) is 6.54 Å². The Morgan fingerprint density at radius 1 is 1.35 bits per heavy atom. The summed E-state index contributed by atoms with van der Waals surface area (Å²) < 4.78 is 1.15. The second kappa shape index (κ2) is 8.48. The lowest BCUT2D eigenvalue weighted by Crippen LogP contribution is -2.19. The molecule has 1 N–H and O–H groups in total. The zero-order valence-corrected chi connectivity index (χ0v) is 12.2. The first-order valence-corrected chi connectivity index (χ1v) is 7.13. The number of unbranched alkanes of at least 4 members (excludes halogenated alkanes) is 3. The predicted molar refractivity (Wildman–Crippen MR) is 79.2 cm³/mol. The van der Waals surface area contributed by atoms with Crippen LogP contribution < -0.4 is 5.32 Å². The first-order valence-electron chi connectivity index (χ1n) is 6.34. The first-order chi connectivity index (χ1) is 8.24. The first kappa shape index (κ1) is 14.5. The van der Waals surface area contributed by atoms with Gasteiger partial charge in [0.05, 0.1) is 0 Å². The smallest absolute Gasteiger partial charge is 0.0292 e. The Kier molecular flexibility index (Phi) is 7.22. The number of hydrogen-bond acceptors (Lipinski definition) is 1. The minimum atomic E-state index is 0.423. The fourth-order valence-electron chi connectivity index (χ4n) is 1.80. The lowest BCUT2D eigenvalue weighted by atomic mass is 10.1. The summed E-state index contributed by atoms with van der Waals surface area (Å²) in [5.74, 6) is 0. The molecule has 0 unspecified atom stereocenters. The number of rotatable bonds is 8. The molecule has 0 aliphatic carbocycles. The van der Waals surface area contributed by atoms with E-state index in [0.717, 1.165) is 17.4 Å². The van der Waals surface area contributed by atoms with Crippen LogP contribution >= 0.6 is 15.9 Å². The Labute approximate surface area is 113 Å². The molecule has 0 bridgehead atoms. The van der Waals surface area contributed by atoms with Gasteiger partial charge in [-0.15, -0.1) is 6.58 Å². The summed E-state index contributed by atoms with van der Waals surface area (Å²) in [5, 5.41) is 3.56. The Bertz CT molecular complexity index is 335. The van der Waals surface area contributed by atoms with E-state index in [0.29, 0.717) is 6.04 Å². The van der Waals surface area contributed by atoms with Crippen molar-refractivity contribution in [2.24, 2.45) is 0 Å². The Morgan fingerprint density at radius 3 is 2.88 bits per heavy atom. The molecule has 1 aromatic carbocycles. The number of nitrogens with one attached hydrogen (secondary N) is 1. The predicted octanol–water partition coefficient (Wildman–Crippen LogP) is 4.85. The zero-order valence-electron chi connectivity index (χ0n) is 10.6. The van der Waals surface area contributed by atoms with Crippen molar-refractivity contribution in [1.82, 2.24) is 5.32 Å². The monoisotopic (exact) mass is 295 g/mol. The van der Waals surface area contributed by atoms with Gasteiger partial charge < -0.3 is 5.32 Å². The largest absolute Gasteiger partial charge is 0.310 e. The molecule has 0 aliphatic rings. The van der Waals surface area contributed by atoms with Gasteiger partial charge in [-0.05, 0) is 50.4 Å². The highest BCUT2D eigenvalue weighted by molar-refractivity contribution is 9.10. The van der Waals surface area contributed by atoms with E-state index in [1.54, 1.807) is 0 Å². The van der Waals surface area contributed by atoms with E-state index in [-0.39, 0.29) is 0 Å². The maximum Gasteiger partial charge on any atom is 0.0292 e. The van der Waals surface area contributed by atoms with Gasteiger partial charge in [-0.2, -0.15) is 0 Å². The average Bonchev–Trinajstić information content (AvgIpc) is 2.33. The van der Waals surface area contributed by atoms with Crippen LogP contribution in [0.25, 0.3) is 0 Å². The van der Waals surface area contributed by atoms with Gasteiger partial charge in [-0.25, -0.2) is 0 Å². The van der Waals surface area contributed by atoms with Crippen LogP contribution in [0.5, 0.6) is 0 Å². The Morgan fingerprint density at radius 2 is 2.18 bits per heavy atom. The van der Waals surface area contributed by atoms with Gasteiger partial charge in [-0.3, -0.25) is 0 Å². The van der Waals surface area contributed by atoms with Gasteiger partial charge in [0, 0.05) is 10.5 Å². The minimum Gasteiger partial charge on any atom is -0.310 e. The van der Waals surface area contributed by atoms with Crippen LogP contribution in [0.2, 0.25) is 0 Å². The van der Waals surface area contributed by atoms with E-state index in [9.17, 15) is 0 Å². The molecule has 0 saturated heterocycles. The molecule has 0 spiro atoms. The summed E-state index contributed by atoms with van der Waals surface area (Å²) in [6.45, 7) is 7.04. The van der Waals surface area contributed by atoms with Crippen LogP contribution in [0.4, 0.5) is 0 Å². The molecular formula is C15H22BrN. The second-order valence-electron chi connectivity index (χ2n) is 4.37. The van der Waals surface area contributed by atoms with Crippen molar-refractivity contribution in [3.8, 4) is 0 Å². The molecule has 0 aliphatic heterocycles. The third kappa shape index (κ3) is 6.04. The molecule has 0 aromatic heterocycles. The summed E-state index contributed by atoms with van der Waals surface area (Å²) in [6, 6.07) is 8.91. The standard InChI is InChI=1S/C15H22BrN/c1-3-4-5-6-7-11-17-13(2)14-9-8-10-15(16)12-14/h3,8-10,12-13,17H,1,4-7,11H2,2H3/t13-/m0/s1. The van der Waals surface area contributed by atoms with Crippen LogP contribution in [-0.2, 0) is 0 Å². The van der Waals surface area contributed by atoms with E-state index in [4.69, 9.17) is 0 Å². The van der Waals surface area contributed by atoms with Gasteiger partial charge in [-0.1, -0.05) is 40.6 Å². The second-order valence-corrected chi connectivity index (χ2v) is 5.28. The molecule has 0 fully saturated rings. The highest BCUT2D eigenvalue weighted by atomic mass is 79.9. The van der Waals surface area contributed by atoms with E-state index in [2.05, 4.69) is 59.0 Å². The summed E-state index contributed by atoms with van der Waals surface area (Å²) in [4.78, 5) is 0. The van der Waals surface area contributed by atoms with Crippen molar-refractivity contribution < 1.29 is 0 Å². The maximum absolute atomic E-state index is 3.73. The van der Waals surface area contributed by atoms with E-state index in [1.807, 2.05) is 6.08 Å². The van der Waals surface area contributed by atoms with Crippen molar-refractivity contribution in [3.63, 3.8) is 0 Å². The van der Waals surface area contributed by atoms with Crippen LogP contribution in [0.3, 0.4) is 0 Å². The molecule has 2 heteroatoms. The van der Waals surface area contributed by atoms with Crippen molar-refractivity contribution in [3.05, 3.63) is 47.0 Å². The molecule has 17 heavy (non-hydrogen) atoms. The summed E-state index contributed by atoms with van der Waals surface area (Å²) >= 11 is 3.50. The van der Waals surface area contributed by atoms with Crippen molar-refractivity contribution >= 4 is 15.9 Å².